The largest absolute Gasteiger partial charge is 0.451 e. The van der Waals surface area contributed by atoms with Crippen molar-refractivity contribution in [2.45, 2.75) is 45.8 Å². The zero-order valence-electron chi connectivity index (χ0n) is 14.8. The Morgan fingerprint density at radius 3 is 2.52 bits per heavy atom. The summed E-state index contributed by atoms with van der Waals surface area (Å²) in [6, 6.07) is 6.77. The van der Waals surface area contributed by atoms with E-state index in [4.69, 9.17) is 4.74 Å². The van der Waals surface area contributed by atoms with Crippen molar-refractivity contribution in [2.75, 3.05) is 6.54 Å². The molecule has 7 nitrogen and oxygen atoms in total. The molecule has 0 aromatic heterocycles. The molecule has 0 spiro atoms. The lowest BCUT2D eigenvalue weighted by Gasteiger charge is -2.27. The summed E-state index contributed by atoms with van der Waals surface area (Å²) < 4.78 is 5.05. The minimum atomic E-state index is -1.02. The van der Waals surface area contributed by atoms with Crippen molar-refractivity contribution in [3.8, 4) is 0 Å². The van der Waals surface area contributed by atoms with E-state index in [9.17, 15) is 19.2 Å². The van der Waals surface area contributed by atoms with E-state index in [-0.39, 0.29) is 6.42 Å². The SMILES string of the molecule is C[C@H](OC(=O)CN1C(=O)Cc2ccccc2C1=O)C(=O)NC(C)(C)C. The molecule has 1 heterocycles. The highest BCUT2D eigenvalue weighted by Crippen LogP contribution is 2.19. The Morgan fingerprint density at radius 2 is 1.88 bits per heavy atom. The second kappa shape index (κ2) is 7.04. The maximum Gasteiger partial charge on any atom is 0.326 e. The lowest BCUT2D eigenvalue weighted by atomic mass is 9.98. The van der Waals surface area contributed by atoms with Crippen LogP contribution >= 0.6 is 0 Å². The van der Waals surface area contributed by atoms with Crippen molar-refractivity contribution in [1.82, 2.24) is 10.2 Å². The summed E-state index contributed by atoms with van der Waals surface area (Å²) in [5.74, 6) is -2.25. The topological polar surface area (TPSA) is 92.8 Å². The van der Waals surface area contributed by atoms with E-state index in [1.165, 1.54) is 6.92 Å². The summed E-state index contributed by atoms with van der Waals surface area (Å²) in [4.78, 5) is 49.4. The standard InChI is InChI=1S/C18H22N2O5/c1-11(16(23)19-18(2,3)4)25-15(22)10-20-14(21)9-12-7-5-6-8-13(12)17(20)24/h5-8,11H,9-10H2,1-4H3,(H,19,23)/t11-/m0/s1. The van der Waals surface area contributed by atoms with Crippen LogP contribution in [0.3, 0.4) is 0 Å². The first kappa shape index (κ1) is 18.6. The molecule has 0 saturated carbocycles. The smallest absolute Gasteiger partial charge is 0.326 e. The molecule has 0 fully saturated rings. The molecule has 1 aliphatic rings. The van der Waals surface area contributed by atoms with Crippen molar-refractivity contribution < 1.29 is 23.9 Å². The first-order valence-electron chi connectivity index (χ1n) is 8.02. The minimum Gasteiger partial charge on any atom is -0.451 e. The maximum atomic E-state index is 12.4. The maximum absolute atomic E-state index is 12.4. The fourth-order valence-corrected chi connectivity index (χ4v) is 2.45. The van der Waals surface area contributed by atoms with Crippen LogP contribution in [0.25, 0.3) is 0 Å². The Kier molecular flexibility index (Phi) is 5.25. The predicted octanol–water partition coefficient (Wildman–Crippen LogP) is 1.06. The molecule has 7 heteroatoms. The van der Waals surface area contributed by atoms with Gasteiger partial charge in [-0.15, -0.1) is 0 Å². The second-order valence-corrected chi connectivity index (χ2v) is 6.99. The average molecular weight is 346 g/mol. The molecular formula is C18H22N2O5. The summed E-state index contributed by atoms with van der Waals surface area (Å²) in [6.45, 7) is 6.35. The van der Waals surface area contributed by atoms with Crippen molar-refractivity contribution in [2.24, 2.45) is 0 Å². The van der Waals surface area contributed by atoms with Gasteiger partial charge in [0, 0.05) is 11.1 Å². The van der Waals surface area contributed by atoms with Crippen LogP contribution in [-0.2, 0) is 25.5 Å². The van der Waals surface area contributed by atoms with Crippen LogP contribution in [0.2, 0.25) is 0 Å². The number of imide groups is 1. The van der Waals surface area contributed by atoms with Crippen LogP contribution in [0.1, 0.15) is 43.6 Å². The summed E-state index contributed by atoms with van der Waals surface area (Å²) in [6.07, 6.45) is -0.969. The fraction of sp³-hybridized carbons (Fsp3) is 0.444. The van der Waals surface area contributed by atoms with E-state index in [0.29, 0.717) is 11.1 Å². The number of carbonyl (C=O) groups excluding carboxylic acids is 4. The zero-order chi connectivity index (χ0) is 18.8. The molecule has 3 amide bonds. The average Bonchev–Trinajstić information content (AvgIpc) is 2.49. The molecule has 1 aromatic carbocycles. The molecular weight excluding hydrogens is 324 g/mol. The zero-order valence-corrected chi connectivity index (χ0v) is 14.8. The van der Waals surface area contributed by atoms with Gasteiger partial charge in [0.1, 0.15) is 6.54 Å². The first-order valence-corrected chi connectivity index (χ1v) is 8.02. The highest BCUT2D eigenvalue weighted by atomic mass is 16.5. The highest BCUT2D eigenvalue weighted by Gasteiger charge is 2.33. The second-order valence-electron chi connectivity index (χ2n) is 6.99. The molecule has 0 aliphatic carbocycles. The molecule has 25 heavy (non-hydrogen) atoms. The van der Waals surface area contributed by atoms with Gasteiger partial charge in [0.2, 0.25) is 5.91 Å². The number of nitrogens with one attached hydrogen (secondary N) is 1. The number of hydrogen-bond donors (Lipinski definition) is 1. The van der Waals surface area contributed by atoms with E-state index < -0.39 is 41.9 Å². The van der Waals surface area contributed by atoms with Crippen LogP contribution in [-0.4, -0.2) is 46.8 Å². The fourth-order valence-electron chi connectivity index (χ4n) is 2.45. The third-order valence-electron chi connectivity index (χ3n) is 3.60. The Morgan fingerprint density at radius 1 is 1.24 bits per heavy atom. The predicted molar refractivity (Wildman–Crippen MR) is 89.6 cm³/mol. The van der Waals surface area contributed by atoms with E-state index in [1.807, 2.05) is 20.8 Å². The minimum absolute atomic E-state index is 0.0509. The molecule has 1 atom stereocenters. The van der Waals surface area contributed by atoms with Gasteiger partial charge >= 0.3 is 5.97 Å². The summed E-state index contributed by atoms with van der Waals surface area (Å²) in [7, 11) is 0. The van der Waals surface area contributed by atoms with Gasteiger partial charge in [0.25, 0.3) is 11.8 Å². The number of amides is 3. The van der Waals surface area contributed by atoms with Gasteiger partial charge in [-0.05, 0) is 39.3 Å². The first-order chi connectivity index (χ1) is 11.6. The van der Waals surface area contributed by atoms with Gasteiger partial charge in [0.05, 0.1) is 6.42 Å². The molecule has 0 saturated heterocycles. The summed E-state index contributed by atoms with van der Waals surface area (Å²) in [5, 5.41) is 2.69. The van der Waals surface area contributed by atoms with Crippen molar-refractivity contribution in [3.63, 3.8) is 0 Å². The van der Waals surface area contributed by atoms with Gasteiger partial charge in [-0.1, -0.05) is 18.2 Å². The van der Waals surface area contributed by atoms with Crippen LogP contribution in [0, 0.1) is 0 Å². The quantitative estimate of drug-likeness (QED) is 0.650. The number of carbonyl (C=O) groups is 4. The molecule has 1 aliphatic heterocycles. The Bertz CT molecular complexity index is 720. The van der Waals surface area contributed by atoms with E-state index in [1.54, 1.807) is 24.3 Å². The van der Waals surface area contributed by atoms with E-state index >= 15 is 0 Å². The summed E-state index contributed by atoms with van der Waals surface area (Å²) in [5.41, 5.74) is 0.578. The van der Waals surface area contributed by atoms with Crippen LogP contribution in [0.5, 0.6) is 0 Å². The van der Waals surface area contributed by atoms with Crippen LogP contribution in [0.15, 0.2) is 24.3 Å². The van der Waals surface area contributed by atoms with Gasteiger partial charge in [-0.3, -0.25) is 24.1 Å². The van der Waals surface area contributed by atoms with Gasteiger partial charge in [-0.25, -0.2) is 0 Å². The van der Waals surface area contributed by atoms with Crippen LogP contribution in [0.4, 0.5) is 0 Å². The third-order valence-corrected chi connectivity index (χ3v) is 3.60. The Hall–Kier alpha value is -2.70. The normalized spacial score (nSPS) is 15.4. The summed E-state index contributed by atoms with van der Waals surface area (Å²) >= 11 is 0. The molecule has 0 radical (unpaired) electrons. The lowest BCUT2D eigenvalue weighted by Crippen LogP contribution is -2.48. The number of hydrogen-bond acceptors (Lipinski definition) is 5. The Balaban J connectivity index is 2.00. The highest BCUT2D eigenvalue weighted by molar-refractivity contribution is 6.11. The van der Waals surface area contributed by atoms with Crippen molar-refractivity contribution in [3.05, 3.63) is 35.4 Å². The third kappa shape index (κ3) is 4.65. The number of fused-ring (bicyclic) bond motifs is 1. The molecule has 2 rings (SSSR count). The molecule has 134 valence electrons. The number of nitrogens with zero attached hydrogens (tertiary/aromatic N) is 1. The molecule has 0 bridgehead atoms. The number of rotatable bonds is 4. The Labute approximate surface area is 146 Å². The van der Waals surface area contributed by atoms with E-state index in [2.05, 4.69) is 5.32 Å². The monoisotopic (exact) mass is 346 g/mol. The van der Waals surface area contributed by atoms with Crippen molar-refractivity contribution >= 4 is 23.7 Å². The van der Waals surface area contributed by atoms with Gasteiger partial charge in [0.15, 0.2) is 6.10 Å². The number of esters is 1. The lowest BCUT2D eigenvalue weighted by molar-refractivity contribution is -0.157. The number of benzene rings is 1. The van der Waals surface area contributed by atoms with Gasteiger partial charge < -0.3 is 10.1 Å². The van der Waals surface area contributed by atoms with Crippen LogP contribution < -0.4 is 5.32 Å². The molecule has 0 unspecified atom stereocenters. The van der Waals surface area contributed by atoms with Gasteiger partial charge in [-0.2, -0.15) is 0 Å². The number of ether oxygens (including phenoxy) is 1. The van der Waals surface area contributed by atoms with Crippen molar-refractivity contribution in [1.29, 1.82) is 0 Å². The molecule has 1 aromatic rings. The van der Waals surface area contributed by atoms with E-state index in [0.717, 1.165) is 4.90 Å². The molecule has 1 N–H and O–H groups in total.